The second-order valence-corrected chi connectivity index (χ2v) is 6.10. The average Bonchev–Trinajstić information content (AvgIpc) is 2.61. The van der Waals surface area contributed by atoms with Crippen molar-refractivity contribution in [2.24, 2.45) is 17.1 Å². The smallest absolute Gasteiger partial charge is 0.240 e. The SMILES string of the molecule is CC(C)C1(C)CC(=O)N(c2ccccc2C(N)=S)C1=O. The fourth-order valence-electron chi connectivity index (χ4n) is 2.41. The molecular weight excluding hydrogens is 272 g/mol. The quantitative estimate of drug-likeness (QED) is 0.685. The lowest BCUT2D eigenvalue weighted by Gasteiger charge is -2.26. The van der Waals surface area contributed by atoms with Crippen molar-refractivity contribution < 1.29 is 9.59 Å². The fourth-order valence-corrected chi connectivity index (χ4v) is 2.58. The molecule has 2 rings (SSSR count). The number of thiocarbonyl (C=S) groups is 1. The van der Waals surface area contributed by atoms with Crippen molar-refractivity contribution in [1.29, 1.82) is 0 Å². The summed E-state index contributed by atoms with van der Waals surface area (Å²) in [4.78, 5) is 26.4. The molecule has 1 fully saturated rings. The first-order chi connectivity index (χ1) is 9.29. The molecule has 1 aliphatic heterocycles. The minimum Gasteiger partial charge on any atom is -0.389 e. The van der Waals surface area contributed by atoms with E-state index < -0.39 is 5.41 Å². The van der Waals surface area contributed by atoms with Crippen LogP contribution in [0.4, 0.5) is 5.69 Å². The van der Waals surface area contributed by atoms with Gasteiger partial charge in [0.1, 0.15) is 4.99 Å². The van der Waals surface area contributed by atoms with E-state index in [1.54, 1.807) is 24.3 Å². The van der Waals surface area contributed by atoms with Crippen LogP contribution in [0.25, 0.3) is 0 Å². The van der Waals surface area contributed by atoms with E-state index in [0.29, 0.717) is 11.3 Å². The summed E-state index contributed by atoms with van der Waals surface area (Å²) in [5.41, 5.74) is 6.05. The minimum absolute atomic E-state index is 0.0842. The number of anilines is 1. The zero-order valence-electron chi connectivity index (χ0n) is 11.8. The summed E-state index contributed by atoms with van der Waals surface area (Å²) < 4.78 is 0. The lowest BCUT2D eigenvalue weighted by atomic mass is 9.78. The number of carbonyl (C=O) groups is 2. The second kappa shape index (κ2) is 4.98. The standard InChI is InChI=1S/C15H18N2O2S/c1-9(2)15(3)8-12(18)17(14(15)19)11-7-5-4-6-10(11)13(16)20/h4-7,9H,8H2,1-3H3,(H2,16,20). The number of rotatable bonds is 3. The Morgan fingerprint density at radius 3 is 2.45 bits per heavy atom. The van der Waals surface area contributed by atoms with Gasteiger partial charge in [-0.05, 0) is 25.0 Å². The maximum atomic E-state index is 12.7. The van der Waals surface area contributed by atoms with E-state index in [2.05, 4.69) is 0 Å². The predicted molar refractivity (Wildman–Crippen MR) is 82.4 cm³/mol. The normalized spacial score (nSPS) is 22.7. The Morgan fingerprint density at radius 2 is 1.95 bits per heavy atom. The van der Waals surface area contributed by atoms with E-state index >= 15 is 0 Å². The van der Waals surface area contributed by atoms with Gasteiger partial charge in [-0.15, -0.1) is 0 Å². The highest BCUT2D eigenvalue weighted by Gasteiger charge is 2.50. The predicted octanol–water partition coefficient (Wildman–Crippen LogP) is 2.25. The number of hydrogen-bond donors (Lipinski definition) is 1. The third-order valence-electron chi connectivity index (χ3n) is 4.14. The first-order valence-corrected chi connectivity index (χ1v) is 6.96. The molecule has 20 heavy (non-hydrogen) atoms. The van der Waals surface area contributed by atoms with Gasteiger partial charge >= 0.3 is 0 Å². The van der Waals surface area contributed by atoms with Gasteiger partial charge in [-0.25, -0.2) is 4.90 Å². The molecular formula is C15H18N2O2S. The molecule has 0 bridgehead atoms. The van der Waals surface area contributed by atoms with E-state index in [1.807, 2.05) is 20.8 Å². The van der Waals surface area contributed by atoms with Crippen LogP contribution in [0.3, 0.4) is 0 Å². The highest BCUT2D eigenvalue weighted by molar-refractivity contribution is 7.80. The molecule has 4 nitrogen and oxygen atoms in total. The lowest BCUT2D eigenvalue weighted by Crippen LogP contribution is -2.37. The fraction of sp³-hybridized carbons (Fsp3) is 0.400. The van der Waals surface area contributed by atoms with Gasteiger partial charge in [0.05, 0.1) is 11.1 Å². The summed E-state index contributed by atoms with van der Waals surface area (Å²) in [5, 5.41) is 0. The number of hydrogen-bond acceptors (Lipinski definition) is 3. The van der Waals surface area contributed by atoms with Crippen LogP contribution in [0.5, 0.6) is 0 Å². The molecule has 1 heterocycles. The number of nitrogens with two attached hydrogens (primary N) is 1. The third-order valence-corrected chi connectivity index (χ3v) is 4.36. The van der Waals surface area contributed by atoms with Crippen molar-refractivity contribution in [2.75, 3.05) is 4.90 Å². The van der Waals surface area contributed by atoms with Gasteiger partial charge in [-0.3, -0.25) is 9.59 Å². The number of nitrogens with zero attached hydrogens (tertiary/aromatic N) is 1. The molecule has 1 aromatic carbocycles. The third kappa shape index (κ3) is 2.12. The van der Waals surface area contributed by atoms with Crippen LogP contribution < -0.4 is 10.6 Å². The summed E-state index contributed by atoms with van der Waals surface area (Å²) in [6.07, 6.45) is 0.217. The Bertz CT molecular complexity index is 597. The van der Waals surface area contributed by atoms with Crippen LogP contribution in [0.15, 0.2) is 24.3 Å². The molecule has 0 saturated carbocycles. The van der Waals surface area contributed by atoms with E-state index in [0.717, 1.165) is 0 Å². The Hall–Kier alpha value is -1.75. The van der Waals surface area contributed by atoms with Crippen LogP contribution in [-0.2, 0) is 9.59 Å². The van der Waals surface area contributed by atoms with E-state index in [-0.39, 0.29) is 29.1 Å². The topological polar surface area (TPSA) is 63.4 Å². The molecule has 1 aliphatic rings. The summed E-state index contributed by atoms with van der Waals surface area (Å²) in [5.74, 6) is -0.294. The van der Waals surface area contributed by atoms with Gasteiger partial charge < -0.3 is 5.73 Å². The Labute approximate surface area is 123 Å². The highest BCUT2D eigenvalue weighted by atomic mass is 32.1. The number of carbonyl (C=O) groups excluding carboxylic acids is 2. The van der Waals surface area contributed by atoms with Crippen molar-refractivity contribution in [1.82, 2.24) is 0 Å². The maximum Gasteiger partial charge on any atom is 0.240 e. The monoisotopic (exact) mass is 290 g/mol. The highest BCUT2D eigenvalue weighted by Crippen LogP contribution is 2.41. The molecule has 1 atom stereocenters. The summed E-state index contributed by atoms with van der Waals surface area (Å²) in [6.45, 7) is 5.74. The zero-order chi connectivity index (χ0) is 15.1. The average molecular weight is 290 g/mol. The van der Waals surface area contributed by atoms with Crippen molar-refractivity contribution in [3.63, 3.8) is 0 Å². The van der Waals surface area contributed by atoms with Crippen LogP contribution in [0.1, 0.15) is 32.8 Å². The molecule has 5 heteroatoms. The number of imide groups is 1. The number of para-hydroxylation sites is 1. The maximum absolute atomic E-state index is 12.7. The van der Waals surface area contributed by atoms with E-state index in [4.69, 9.17) is 18.0 Å². The molecule has 2 amide bonds. The number of benzene rings is 1. The largest absolute Gasteiger partial charge is 0.389 e. The Balaban J connectivity index is 2.52. The number of amides is 2. The zero-order valence-corrected chi connectivity index (χ0v) is 12.7. The Kier molecular flexibility index (Phi) is 3.65. The van der Waals surface area contributed by atoms with E-state index in [9.17, 15) is 9.59 Å². The van der Waals surface area contributed by atoms with Gasteiger partial charge in [0.25, 0.3) is 0 Å². The molecule has 2 N–H and O–H groups in total. The summed E-state index contributed by atoms with van der Waals surface area (Å²) >= 11 is 5.00. The molecule has 0 aromatic heterocycles. The molecule has 0 spiro atoms. The summed E-state index contributed by atoms with van der Waals surface area (Å²) in [7, 11) is 0. The second-order valence-electron chi connectivity index (χ2n) is 5.66. The first kappa shape index (κ1) is 14.7. The van der Waals surface area contributed by atoms with Gasteiger partial charge in [0.15, 0.2) is 0 Å². The Morgan fingerprint density at radius 1 is 1.35 bits per heavy atom. The van der Waals surface area contributed by atoms with E-state index in [1.165, 1.54) is 4.90 Å². The van der Waals surface area contributed by atoms with Crippen LogP contribution in [0.2, 0.25) is 0 Å². The van der Waals surface area contributed by atoms with Crippen molar-refractivity contribution in [2.45, 2.75) is 27.2 Å². The molecule has 0 aliphatic carbocycles. The van der Waals surface area contributed by atoms with Crippen LogP contribution in [0, 0.1) is 11.3 Å². The lowest BCUT2D eigenvalue weighted by molar-refractivity contribution is -0.126. The van der Waals surface area contributed by atoms with Crippen molar-refractivity contribution >= 4 is 34.7 Å². The molecule has 1 aromatic rings. The van der Waals surface area contributed by atoms with Gasteiger partial charge in [-0.1, -0.05) is 38.2 Å². The van der Waals surface area contributed by atoms with Gasteiger partial charge in [-0.2, -0.15) is 0 Å². The van der Waals surface area contributed by atoms with Crippen molar-refractivity contribution in [3.05, 3.63) is 29.8 Å². The summed E-state index contributed by atoms with van der Waals surface area (Å²) in [6, 6.07) is 6.98. The van der Waals surface area contributed by atoms with Crippen molar-refractivity contribution in [3.8, 4) is 0 Å². The molecule has 0 radical (unpaired) electrons. The van der Waals surface area contributed by atoms with Crippen LogP contribution >= 0.6 is 12.2 Å². The van der Waals surface area contributed by atoms with Gasteiger partial charge in [0.2, 0.25) is 11.8 Å². The minimum atomic E-state index is -0.666. The first-order valence-electron chi connectivity index (χ1n) is 6.55. The van der Waals surface area contributed by atoms with Crippen LogP contribution in [-0.4, -0.2) is 16.8 Å². The molecule has 1 unspecified atom stereocenters. The van der Waals surface area contributed by atoms with Gasteiger partial charge in [0, 0.05) is 12.0 Å². The molecule has 1 saturated heterocycles. The molecule has 106 valence electrons.